The van der Waals surface area contributed by atoms with E-state index in [0.717, 1.165) is 56.0 Å². The average Bonchev–Trinajstić information content (AvgIpc) is 2.68. The van der Waals surface area contributed by atoms with Crippen molar-refractivity contribution in [3.63, 3.8) is 0 Å². The molecule has 2 aromatic carbocycles. The second-order valence-electron chi connectivity index (χ2n) is 6.58. The molecule has 1 aromatic heterocycles. The van der Waals surface area contributed by atoms with Crippen LogP contribution in [-0.4, -0.2) is 36.2 Å². The van der Waals surface area contributed by atoms with Crippen LogP contribution in [0.1, 0.15) is 11.1 Å². The van der Waals surface area contributed by atoms with Gasteiger partial charge in [0.15, 0.2) is 0 Å². The molecular weight excluding hydrogens is 346 g/mol. The van der Waals surface area contributed by atoms with E-state index in [1.807, 2.05) is 30.5 Å². The standard InChI is InChI=1S/C21H22ClN3O/c22-18-5-6-19-20(7-8-23-21(19)13-18)24-14-16-1-3-17(4-2-16)15-25-9-11-26-12-10-25/h1-8,13H,9-12,14-15H2,(H,23,24). The molecule has 134 valence electrons. The first-order valence-corrected chi connectivity index (χ1v) is 9.32. The maximum atomic E-state index is 6.06. The molecule has 0 bridgehead atoms. The summed E-state index contributed by atoms with van der Waals surface area (Å²) in [4.78, 5) is 6.82. The van der Waals surface area contributed by atoms with Gasteiger partial charge in [0, 0.05) is 48.5 Å². The lowest BCUT2D eigenvalue weighted by Gasteiger charge is -2.26. The fourth-order valence-electron chi connectivity index (χ4n) is 3.25. The number of hydrogen-bond acceptors (Lipinski definition) is 4. The lowest BCUT2D eigenvalue weighted by atomic mass is 10.1. The molecule has 2 heterocycles. The second kappa shape index (κ2) is 8.04. The summed E-state index contributed by atoms with van der Waals surface area (Å²) in [5.41, 5.74) is 4.58. The van der Waals surface area contributed by atoms with Crippen molar-refractivity contribution < 1.29 is 4.74 Å². The zero-order chi connectivity index (χ0) is 17.8. The van der Waals surface area contributed by atoms with Crippen molar-refractivity contribution >= 4 is 28.2 Å². The van der Waals surface area contributed by atoms with Gasteiger partial charge < -0.3 is 10.1 Å². The lowest BCUT2D eigenvalue weighted by molar-refractivity contribution is 0.0342. The molecule has 26 heavy (non-hydrogen) atoms. The highest BCUT2D eigenvalue weighted by Gasteiger charge is 2.10. The molecule has 1 aliphatic rings. The topological polar surface area (TPSA) is 37.4 Å². The average molecular weight is 368 g/mol. The quantitative estimate of drug-likeness (QED) is 0.728. The Morgan fingerprint density at radius 2 is 1.77 bits per heavy atom. The summed E-state index contributed by atoms with van der Waals surface area (Å²) in [6.45, 7) is 5.48. The van der Waals surface area contributed by atoms with Gasteiger partial charge in [-0.3, -0.25) is 9.88 Å². The minimum atomic E-state index is 0.706. The third-order valence-electron chi connectivity index (χ3n) is 4.72. The van der Waals surface area contributed by atoms with Crippen LogP contribution in [0, 0.1) is 0 Å². The molecule has 0 radical (unpaired) electrons. The van der Waals surface area contributed by atoms with Crippen molar-refractivity contribution in [3.05, 3.63) is 70.9 Å². The fourth-order valence-corrected chi connectivity index (χ4v) is 3.42. The molecule has 0 aliphatic carbocycles. The second-order valence-corrected chi connectivity index (χ2v) is 7.01. The van der Waals surface area contributed by atoms with Crippen molar-refractivity contribution in [1.82, 2.24) is 9.88 Å². The molecule has 1 aliphatic heterocycles. The number of rotatable bonds is 5. The molecule has 5 heteroatoms. The van der Waals surface area contributed by atoms with Gasteiger partial charge in [-0.2, -0.15) is 0 Å². The molecule has 0 saturated carbocycles. The fraction of sp³-hybridized carbons (Fsp3) is 0.286. The van der Waals surface area contributed by atoms with E-state index >= 15 is 0 Å². The molecule has 4 rings (SSSR count). The van der Waals surface area contributed by atoms with Gasteiger partial charge in [0.2, 0.25) is 0 Å². The molecule has 0 spiro atoms. The Bertz CT molecular complexity index is 876. The Kier molecular flexibility index (Phi) is 5.34. The van der Waals surface area contributed by atoms with Crippen LogP contribution in [0.5, 0.6) is 0 Å². The maximum absolute atomic E-state index is 6.06. The van der Waals surface area contributed by atoms with Gasteiger partial charge in [-0.25, -0.2) is 0 Å². The minimum absolute atomic E-state index is 0.706. The van der Waals surface area contributed by atoms with Crippen LogP contribution in [0.25, 0.3) is 10.9 Å². The number of fused-ring (bicyclic) bond motifs is 1. The zero-order valence-corrected chi connectivity index (χ0v) is 15.4. The molecule has 4 nitrogen and oxygen atoms in total. The third kappa shape index (κ3) is 4.15. The number of aromatic nitrogens is 1. The van der Waals surface area contributed by atoms with Crippen LogP contribution >= 0.6 is 11.6 Å². The van der Waals surface area contributed by atoms with E-state index in [1.165, 1.54) is 11.1 Å². The highest BCUT2D eigenvalue weighted by Crippen LogP contribution is 2.24. The molecule has 0 atom stereocenters. The predicted molar refractivity (Wildman–Crippen MR) is 107 cm³/mol. The predicted octanol–water partition coefficient (Wildman–Crippen LogP) is 4.33. The number of pyridine rings is 1. The van der Waals surface area contributed by atoms with Gasteiger partial charge in [0.25, 0.3) is 0 Å². The minimum Gasteiger partial charge on any atom is -0.380 e. The first-order chi connectivity index (χ1) is 12.8. The number of anilines is 1. The molecule has 0 amide bonds. The van der Waals surface area contributed by atoms with Crippen LogP contribution in [0.2, 0.25) is 5.02 Å². The number of morpholine rings is 1. The lowest BCUT2D eigenvalue weighted by Crippen LogP contribution is -2.35. The van der Waals surface area contributed by atoms with Crippen LogP contribution in [0.15, 0.2) is 54.7 Å². The van der Waals surface area contributed by atoms with Crippen molar-refractivity contribution in [3.8, 4) is 0 Å². The summed E-state index contributed by atoms with van der Waals surface area (Å²) in [5.74, 6) is 0. The summed E-state index contributed by atoms with van der Waals surface area (Å²) in [7, 11) is 0. The van der Waals surface area contributed by atoms with Gasteiger partial charge in [-0.05, 0) is 35.4 Å². The molecule has 0 unspecified atom stereocenters. The van der Waals surface area contributed by atoms with Crippen molar-refractivity contribution in [1.29, 1.82) is 0 Å². The highest BCUT2D eigenvalue weighted by atomic mass is 35.5. The summed E-state index contributed by atoms with van der Waals surface area (Å²) in [6.07, 6.45) is 1.81. The molecular formula is C21H22ClN3O. The summed E-state index contributed by atoms with van der Waals surface area (Å²) in [6, 6.07) is 16.6. The third-order valence-corrected chi connectivity index (χ3v) is 4.96. The normalized spacial score (nSPS) is 15.3. The van der Waals surface area contributed by atoms with Crippen molar-refractivity contribution in [2.24, 2.45) is 0 Å². The van der Waals surface area contributed by atoms with Gasteiger partial charge in [0.05, 0.1) is 18.7 Å². The highest BCUT2D eigenvalue weighted by molar-refractivity contribution is 6.31. The molecule has 1 fully saturated rings. The first-order valence-electron chi connectivity index (χ1n) is 8.94. The Labute approximate surface area is 158 Å². The number of ether oxygens (including phenoxy) is 1. The maximum Gasteiger partial charge on any atom is 0.0737 e. The van der Waals surface area contributed by atoms with E-state index in [1.54, 1.807) is 0 Å². The van der Waals surface area contributed by atoms with Crippen molar-refractivity contribution in [2.45, 2.75) is 13.1 Å². The van der Waals surface area contributed by atoms with Crippen LogP contribution in [-0.2, 0) is 17.8 Å². The van der Waals surface area contributed by atoms with Gasteiger partial charge >= 0.3 is 0 Å². The summed E-state index contributed by atoms with van der Waals surface area (Å²) >= 11 is 6.06. The van der Waals surface area contributed by atoms with E-state index in [4.69, 9.17) is 16.3 Å². The van der Waals surface area contributed by atoms with Crippen LogP contribution < -0.4 is 5.32 Å². The Morgan fingerprint density at radius 3 is 2.58 bits per heavy atom. The number of benzene rings is 2. The Morgan fingerprint density at radius 1 is 1.00 bits per heavy atom. The summed E-state index contributed by atoms with van der Waals surface area (Å²) < 4.78 is 5.41. The first kappa shape index (κ1) is 17.3. The van der Waals surface area contributed by atoms with E-state index < -0.39 is 0 Å². The van der Waals surface area contributed by atoms with E-state index in [9.17, 15) is 0 Å². The van der Waals surface area contributed by atoms with Gasteiger partial charge in [-0.15, -0.1) is 0 Å². The molecule has 1 saturated heterocycles. The van der Waals surface area contributed by atoms with Crippen molar-refractivity contribution in [2.75, 3.05) is 31.6 Å². The Hall–Kier alpha value is -2.14. The van der Waals surface area contributed by atoms with E-state index in [0.29, 0.717) is 5.02 Å². The molecule has 3 aromatic rings. The zero-order valence-electron chi connectivity index (χ0n) is 14.6. The van der Waals surface area contributed by atoms with Crippen LogP contribution in [0.3, 0.4) is 0 Å². The number of halogens is 1. The van der Waals surface area contributed by atoms with Gasteiger partial charge in [0.1, 0.15) is 0 Å². The number of nitrogens with zero attached hydrogens (tertiary/aromatic N) is 2. The monoisotopic (exact) mass is 367 g/mol. The summed E-state index contributed by atoms with van der Waals surface area (Å²) in [5, 5.41) is 5.30. The smallest absolute Gasteiger partial charge is 0.0737 e. The number of hydrogen-bond donors (Lipinski definition) is 1. The SMILES string of the molecule is Clc1ccc2c(NCc3ccc(CN4CCOCC4)cc3)ccnc2c1. The van der Waals surface area contributed by atoms with Crippen LogP contribution in [0.4, 0.5) is 5.69 Å². The van der Waals surface area contributed by atoms with E-state index in [2.05, 4.69) is 39.5 Å². The number of nitrogens with one attached hydrogen (secondary N) is 1. The largest absolute Gasteiger partial charge is 0.380 e. The van der Waals surface area contributed by atoms with E-state index in [-0.39, 0.29) is 0 Å². The van der Waals surface area contributed by atoms with Gasteiger partial charge in [-0.1, -0.05) is 35.9 Å². The Balaban J connectivity index is 1.40. The molecule has 1 N–H and O–H groups in total.